The Morgan fingerprint density at radius 2 is 2.25 bits per heavy atom. The molecule has 0 aromatic carbocycles. The largest absolute Gasteiger partial charge is 0.344 e. The number of carbonyl (C=O) groups excluding carboxylic acids is 1. The SMILES string of the molecule is CC(C)n1c(SCC(=O)c2cc(Cl)sc2Cl)n[nH]c1=O. The van der Waals surface area contributed by atoms with Crippen molar-refractivity contribution >= 4 is 52.1 Å². The molecule has 2 aromatic rings. The van der Waals surface area contributed by atoms with Gasteiger partial charge in [-0.25, -0.2) is 9.89 Å². The molecule has 9 heteroatoms. The van der Waals surface area contributed by atoms with E-state index in [4.69, 9.17) is 23.2 Å². The first-order valence-corrected chi connectivity index (χ1v) is 8.23. The summed E-state index contributed by atoms with van der Waals surface area (Å²) in [5, 5.41) is 6.77. The van der Waals surface area contributed by atoms with Crippen molar-refractivity contribution in [1.82, 2.24) is 14.8 Å². The van der Waals surface area contributed by atoms with E-state index >= 15 is 0 Å². The predicted molar refractivity (Wildman–Crippen MR) is 82.6 cm³/mol. The van der Waals surface area contributed by atoms with Crippen molar-refractivity contribution in [2.45, 2.75) is 25.0 Å². The maximum absolute atomic E-state index is 12.1. The number of hydrogen-bond donors (Lipinski definition) is 1. The van der Waals surface area contributed by atoms with Crippen molar-refractivity contribution in [1.29, 1.82) is 0 Å². The number of thioether (sulfide) groups is 1. The lowest BCUT2D eigenvalue weighted by molar-refractivity contribution is 0.102. The summed E-state index contributed by atoms with van der Waals surface area (Å²) in [5.41, 5.74) is 0.120. The Kier molecular flexibility index (Phi) is 4.95. The molecule has 0 fully saturated rings. The number of halogens is 2. The molecular formula is C11H11Cl2N3O2S2. The summed E-state index contributed by atoms with van der Waals surface area (Å²) in [7, 11) is 0. The van der Waals surface area contributed by atoms with E-state index in [1.54, 1.807) is 6.07 Å². The molecule has 0 radical (unpaired) electrons. The summed E-state index contributed by atoms with van der Waals surface area (Å²) in [6.45, 7) is 3.75. The average molecular weight is 352 g/mol. The molecule has 0 aliphatic carbocycles. The van der Waals surface area contributed by atoms with Gasteiger partial charge < -0.3 is 0 Å². The van der Waals surface area contributed by atoms with Crippen molar-refractivity contribution in [2.75, 3.05) is 5.75 Å². The van der Waals surface area contributed by atoms with Crippen LogP contribution < -0.4 is 5.69 Å². The molecule has 5 nitrogen and oxygen atoms in total. The summed E-state index contributed by atoms with van der Waals surface area (Å²) >= 11 is 14.1. The van der Waals surface area contributed by atoms with Gasteiger partial charge in [-0.05, 0) is 19.9 Å². The average Bonchev–Trinajstić information content (AvgIpc) is 2.89. The Hall–Kier alpha value is -0.760. The van der Waals surface area contributed by atoms with Crippen LogP contribution in [0.25, 0.3) is 0 Å². The van der Waals surface area contributed by atoms with Crippen molar-refractivity contribution in [3.63, 3.8) is 0 Å². The number of rotatable bonds is 5. The number of H-pyrrole nitrogens is 1. The third-order valence-electron chi connectivity index (χ3n) is 2.48. The van der Waals surface area contributed by atoms with E-state index in [2.05, 4.69) is 10.2 Å². The number of carbonyl (C=O) groups is 1. The van der Waals surface area contributed by atoms with E-state index in [0.717, 1.165) is 11.3 Å². The number of aromatic amines is 1. The van der Waals surface area contributed by atoms with Gasteiger partial charge in [-0.2, -0.15) is 0 Å². The molecule has 0 saturated heterocycles. The normalized spacial score (nSPS) is 11.2. The molecule has 20 heavy (non-hydrogen) atoms. The molecule has 0 spiro atoms. The molecule has 0 atom stereocenters. The van der Waals surface area contributed by atoms with Crippen molar-refractivity contribution in [3.8, 4) is 0 Å². The number of thiophene rings is 1. The highest BCUT2D eigenvalue weighted by Gasteiger charge is 2.17. The minimum Gasteiger partial charge on any atom is -0.293 e. The van der Waals surface area contributed by atoms with Crippen molar-refractivity contribution in [3.05, 3.63) is 30.8 Å². The van der Waals surface area contributed by atoms with Crippen LogP contribution >= 0.6 is 46.3 Å². The molecule has 0 bridgehead atoms. The highest BCUT2D eigenvalue weighted by atomic mass is 35.5. The van der Waals surface area contributed by atoms with Gasteiger partial charge in [0.2, 0.25) is 0 Å². The van der Waals surface area contributed by atoms with Crippen LogP contribution in [0.2, 0.25) is 8.67 Å². The maximum Gasteiger partial charge on any atom is 0.344 e. The molecule has 0 aliphatic rings. The van der Waals surface area contributed by atoms with E-state index < -0.39 is 0 Å². The molecular weight excluding hydrogens is 341 g/mol. The molecule has 0 saturated carbocycles. The maximum atomic E-state index is 12.1. The van der Waals surface area contributed by atoms with Crippen molar-refractivity contribution < 1.29 is 4.79 Å². The lowest BCUT2D eigenvalue weighted by Crippen LogP contribution is -2.19. The second-order valence-electron chi connectivity index (χ2n) is 4.22. The minimum atomic E-state index is -0.286. The molecule has 2 rings (SSSR count). The molecule has 1 N–H and O–H groups in total. The van der Waals surface area contributed by atoms with Gasteiger partial charge in [-0.3, -0.25) is 9.36 Å². The van der Waals surface area contributed by atoms with Gasteiger partial charge in [0.1, 0.15) is 4.34 Å². The molecule has 2 heterocycles. The zero-order valence-electron chi connectivity index (χ0n) is 10.6. The summed E-state index contributed by atoms with van der Waals surface area (Å²) in [4.78, 5) is 23.6. The lowest BCUT2D eigenvalue weighted by atomic mass is 10.2. The van der Waals surface area contributed by atoms with Crippen LogP contribution in [0, 0.1) is 0 Å². The zero-order valence-corrected chi connectivity index (χ0v) is 13.8. The standard InChI is InChI=1S/C11H11Cl2N3O2S2/c1-5(2)16-10(18)14-15-11(16)19-4-7(17)6-3-8(12)20-9(6)13/h3,5H,4H2,1-2H3,(H,14,18). The fourth-order valence-corrected chi connectivity index (χ4v) is 4.04. The molecule has 0 amide bonds. The first-order valence-electron chi connectivity index (χ1n) is 5.68. The fraction of sp³-hybridized carbons (Fsp3) is 0.364. The highest BCUT2D eigenvalue weighted by Crippen LogP contribution is 2.32. The van der Waals surface area contributed by atoms with Crippen LogP contribution in [0.15, 0.2) is 16.0 Å². The van der Waals surface area contributed by atoms with Crippen LogP contribution in [0.3, 0.4) is 0 Å². The van der Waals surface area contributed by atoms with Gasteiger partial charge >= 0.3 is 5.69 Å². The Balaban J connectivity index is 2.11. The quantitative estimate of drug-likeness (QED) is 0.661. The topological polar surface area (TPSA) is 67.8 Å². The Morgan fingerprint density at radius 1 is 1.55 bits per heavy atom. The molecule has 108 valence electrons. The zero-order chi connectivity index (χ0) is 14.9. The second kappa shape index (κ2) is 6.34. The summed E-state index contributed by atoms with van der Waals surface area (Å²) < 4.78 is 2.35. The number of hydrogen-bond acceptors (Lipinski definition) is 5. The Labute approximate surface area is 133 Å². The van der Waals surface area contributed by atoms with E-state index in [1.807, 2.05) is 13.8 Å². The summed E-state index contributed by atoms with van der Waals surface area (Å²) in [5.74, 6) is -0.00188. The number of Topliss-reactive ketones (excluding diaryl/α,β-unsaturated/α-hetero) is 1. The van der Waals surface area contributed by atoms with Crippen LogP contribution in [0.1, 0.15) is 30.2 Å². The minimum absolute atomic E-state index is 0.0296. The summed E-state index contributed by atoms with van der Waals surface area (Å²) in [6.07, 6.45) is 0. The third-order valence-corrected chi connectivity index (χ3v) is 4.92. The number of aromatic nitrogens is 3. The van der Waals surface area contributed by atoms with Gasteiger partial charge in [0.15, 0.2) is 10.9 Å². The van der Waals surface area contributed by atoms with Gasteiger partial charge in [-0.1, -0.05) is 35.0 Å². The fourth-order valence-electron chi connectivity index (χ4n) is 1.59. The molecule has 0 unspecified atom stereocenters. The first-order chi connectivity index (χ1) is 9.40. The first kappa shape index (κ1) is 15.6. The Bertz CT molecular complexity index is 690. The van der Waals surface area contributed by atoms with Gasteiger partial charge in [0, 0.05) is 11.6 Å². The van der Waals surface area contributed by atoms with Crippen LogP contribution in [-0.4, -0.2) is 26.3 Å². The summed E-state index contributed by atoms with van der Waals surface area (Å²) in [6, 6.07) is 1.52. The van der Waals surface area contributed by atoms with Gasteiger partial charge in [0.05, 0.1) is 10.1 Å². The number of ketones is 1. The van der Waals surface area contributed by atoms with Crippen molar-refractivity contribution in [2.24, 2.45) is 0 Å². The second-order valence-corrected chi connectivity index (χ2v) is 7.45. The van der Waals surface area contributed by atoms with Gasteiger partial charge in [0.25, 0.3) is 0 Å². The van der Waals surface area contributed by atoms with Crippen LogP contribution in [0.4, 0.5) is 0 Å². The predicted octanol–water partition coefficient (Wildman–Crippen LogP) is 3.50. The van der Waals surface area contributed by atoms with Crippen LogP contribution in [0.5, 0.6) is 0 Å². The van der Waals surface area contributed by atoms with E-state index in [1.165, 1.54) is 16.3 Å². The van der Waals surface area contributed by atoms with E-state index in [9.17, 15) is 9.59 Å². The lowest BCUT2D eigenvalue weighted by Gasteiger charge is -2.07. The highest BCUT2D eigenvalue weighted by molar-refractivity contribution is 7.99. The van der Waals surface area contributed by atoms with E-state index in [0.29, 0.717) is 19.4 Å². The number of nitrogens with one attached hydrogen (secondary N) is 1. The number of nitrogens with zero attached hydrogens (tertiary/aromatic N) is 2. The van der Waals surface area contributed by atoms with E-state index in [-0.39, 0.29) is 23.3 Å². The van der Waals surface area contributed by atoms with Gasteiger partial charge in [-0.15, -0.1) is 16.4 Å². The monoisotopic (exact) mass is 351 g/mol. The smallest absolute Gasteiger partial charge is 0.293 e. The third kappa shape index (κ3) is 3.28. The molecule has 0 aliphatic heterocycles. The molecule has 2 aromatic heterocycles. The van der Waals surface area contributed by atoms with Crippen LogP contribution in [-0.2, 0) is 0 Å². The Morgan fingerprint density at radius 3 is 2.80 bits per heavy atom.